The largest absolute Gasteiger partial charge is 0.352 e. The van der Waals surface area contributed by atoms with E-state index in [0.29, 0.717) is 23.5 Å². The molecule has 3 rings (SSSR count). The Morgan fingerprint density at radius 3 is 2.46 bits per heavy atom. The van der Waals surface area contributed by atoms with E-state index in [1.165, 1.54) is 6.07 Å². The number of hydrogen-bond acceptors (Lipinski definition) is 4. The first-order valence-electron chi connectivity index (χ1n) is 8.29. The van der Waals surface area contributed by atoms with E-state index in [0.717, 1.165) is 12.0 Å². The zero-order valence-corrected chi connectivity index (χ0v) is 14.4. The molecule has 26 heavy (non-hydrogen) atoms. The second-order valence-corrected chi connectivity index (χ2v) is 5.82. The molecule has 0 spiro atoms. The second-order valence-electron chi connectivity index (χ2n) is 5.82. The lowest BCUT2D eigenvalue weighted by Gasteiger charge is -2.10. The number of rotatable bonds is 6. The van der Waals surface area contributed by atoms with Crippen LogP contribution in [0, 0.1) is 6.92 Å². The van der Waals surface area contributed by atoms with Crippen LogP contribution in [0.2, 0.25) is 0 Å². The van der Waals surface area contributed by atoms with Gasteiger partial charge in [-0.15, -0.1) is 0 Å². The number of nitrogens with zero attached hydrogens (tertiary/aromatic N) is 1. The molecule has 0 aliphatic heterocycles. The van der Waals surface area contributed by atoms with Crippen LogP contribution < -0.4 is 10.6 Å². The minimum Gasteiger partial charge on any atom is -0.352 e. The van der Waals surface area contributed by atoms with Crippen LogP contribution in [-0.2, 0) is 6.42 Å². The summed E-state index contributed by atoms with van der Waals surface area (Å²) < 4.78 is 4.95. The fraction of sp³-hybridized carbons (Fsp3) is 0.150. The summed E-state index contributed by atoms with van der Waals surface area (Å²) in [6.07, 6.45) is 0.735. The Morgan fingerprint density at radius 1 is 1.00 bits per heavy atom. The first kappa shape index (κ1) is 17.4. The number of aromatic nitrogens is 1. The van der Waals surface area contributed by atoms with Crippen molar-refractivity contribution in [2.45, 2.75) is 13.3 Å². The number of aryl methyl sites for hydroxylation is 1. The Hall–Kier alpha value is -3.41. The summed E-state index contributed by atoms with van der Waals surface area (Å²) in [5.41, 5.74) is 2.58. The van der Waals surface area contributed by atoms with Crippen LogP contribution in [0.1, 0.15) is 32.2 Å². The molecule has 1 aromatic heterocycles. The molecule has 2 amide bonds. The summed E-state index contributed by atoms with van der Waals surface area (Å²) in [5, 5.41) is 9.27. The number of carbonyl (C=O) groups excluding carboxylic acids is 2. The molecule has 1 heterocycles. The van der Waals surface area contributed by atoms with Crippen molar-refractivity contribution in [2.24, 2.45) is 0 Å². The molecule has 6 nitrogen and oxygen atoms in total. The van der Waals surface area contributed by atoms with Gasteiger partial charge in [-0.1, -0.05) is 47.6 Å². The summed E-state index contributed by atoms with van der Waals surface area (Å²) >= 11 is 0. The van der Waals surface area contributed by atoms with E-state index >= 15 is 0 Å². The molecular formula is C20H19N3O3. The number of benzene rings is 2. The number of para-hydroxylation sites is 1. The number of hydrogen-bond donors (Lipinski definition) is 2. The maximum Gasteiger partial charge on any atom is 0.294 e. The van der Waals surface area contributed by atoms with Gasteiger partial charge in [-0.05, 0) is 31.0 Å². The van der Waals surface area contributed by atoms with Gasteiger partial charge in [-0.3, -0.25) is 9.59 Å². The van der Waals surface area contributed by atoms with Gasteiger partial charge < -0.3 is 15.2 Å². The predicted molar refractivity (Wildman–Crippen MR) is 98.1 cm³/mol. The van der Waals surface area contributed by atoms with E-state index in [4.69, 9.17) is 4.52 Å². The minimum absolute atomic E-state index is 0.0989. The van der Waals surface area contributed by atoms with Crippen molar-refractivity contribution < 1.29 is 14.1 Å². The van der Waals surface area contributed by atoms with Crippen LogP contribution >= 0.6 is 0 Å². The second kappa shape index (κ2) is 8.11. The van der Waals surface area contributed by atoms with Crippen molar-refractivity contribution in [1.82, 2.24) is 10.5 Å². The maximum absolute atomic E-state index is 12.5. The van der Waals surface area contributed by atoms with Crippen molar-refractivity contribution in [3.8, 4) is 0 Å². The summed E-state index contributed by atoms with van der Waals surface area (Å²) in [4.78, 5) is 24.7. The molecule has 132 valence electrons. The van der Waals surface area contributed by atoms with E-state index in [9.17, 15) is 9.59 Å². The Balaban J connectivity index is 1.64. The summed E-state index contributed by atoms with van der Waals surface area (Å²) in [5.74, 6) is -0.595. The Morgan fingerprint density at radius 2 is 1.73 bits per heavy atom. The summed E-state index contributed by atoms with van der Waals surface area (Å²) in [7, 11) is 0. The molecule has 3 aromatic rings. The minimum atomic E-state index is -0.449. The standard InChI is InChI=1S/C20H19N3O3/c1-14-13-18(26-23-14)20(25)22-17-10-6-5-9-16(17)19(24)21-12-11-15-7-3-2-4-8-15/h2-10,13H,11-12H2,1H3,(H,21,24)(H,22,25). The molecule has 2 N–H and O–H groups in total. The molecule has 2 aromatic carbocycles. The number of nitrogens with one attached hydrogen (secondary N) is 2. The lowest BCUT2D eigenvalue weighted by molar-refractivity contribution is 0.0955. The lowest BCUT2D eigenvalue weighted by Crippen LogP contribution is -2.27. The fourth-order valence-electron chi connectivity index (χ4n) is 2.50. The summed E-state index contributed by atoms with van der Waals surface area (Å²) in [6, 6.07) is 18.3. The number of anilines is 1. The van der Waals surface area contributed by atoms with Gasteiger partial charge in [0.2, 0.25) is 5.76 Å². The normalized spacial score (nSPS) is 10.3. The highest BCUT2D eigenvalue weighted by atomic mass is 16.5. The quantitative estimate of drug-likeness (QED) is 0.716. The average Bonchev–Trinajstić information content (AvgIpc) is 3.09. The molecule has 0 aliphatic carbocycles. The Labute approximate surface area is 151 Å². The van der Waals surface area contributed by atoms with Gasteiger partial charge in [0.25, 0.3) is 11.8 Å². The van der Waals surface area contributed by atoms with E-state index in [1.54, 1.807) is 31.2 Å². The molecule has 0 bridgehead atoms. The molecule has 0 unspecified atom stereocenters. The van der Waals surface area contributed by atoms with Crippen LogP contribution in [0.3, 0.4) is 0 Å². The third-order valence-corrected chi connectivity index (χ3v) is 3.81. The molecule has 0 saturated heterocycles. The van der Waals surface area contributed by atoms with Gasteiger partial charge in [-0.25, -0.2) is 0 Å². The van der Waals surface area contributed by atoms with Crippen molar-refractivity contribution in [2.75, 3.05) is 11.9 Å². The fourth-order valence-corrected chi connectivity index (χ4v) is 2.50. The average molecular weight is 349 g/mol. The van der Waals surface area contributed by atoms with Crippen molar-refractivity contribution in [1.29, 1.82) is 0 Å². The first-order chi connectivity index (χ1) is 12.6. The molecule has 0 saturated carbocycles. The zero-order valence-electron chi connectivity index (χ0n) is 14.4. The summed E-state index contributed by atoms with van der Waals surface area (Å²) in [6.45, 7) is 2.24. The predicted octanol–water partition coefficient (Wildman–Crippen LogP) is 3.21. The highest BCUT2D eigenvalue weighted by Gasteiger charge is 2.16. The van der Waals surface area contributed by atoms with Gasteiger partial charge in [0.15, 0.2) is 0 Å². The number of carbonyl (C=O) groups is 2. The van der Waals surface area contributed by atoms with Crippen molar-refractivity contribution >= 4 is 17.5 Å². The molecule has 6 heteroatoms. The number of amides is 2. The molecule has 0 fully saturated rings. The van der Waals surface area contributed by atoms with Gasteiger partial charge in [0, 0.05) is 12.6 Å². The van der Waals surface area contributed by atoms with Gasteiger partial charge >= 0.3 is 0 Å². The van der Waals surface area contributed by atoms with Gasteiger partial charge in [-0.2, -0.15) is 0 Å². The highest BCUT2D eigenvalue weighted by molar-refractivity contribution is 6.07. The van der Waals surface area contributed by atoms with Gasteiger partial charge in [0.1, 0.15) is 0 Å². The Kier molecular flexibility index (Phi) is 5.43. The molecule has 0 radical (unpaired) electrons. The smallest absolute Gasteiger partial charge is 0.294 e. The van der Waals surface area contributed by atoms with E-state index in [1.807, 2.05) is 30.3 Å². The van der Waals surface area contributed by atoms with E-state index < -0.39 is 5.91 Å². The third kappa shape index (κ3) is 4.36. The van der Waals surface area contributed by atoms with Crippen LogP contribution in [0.15, 0.2) is 65.2 Å². The van der Waals surface area contributed by atoms with Crippen molar-refractivity contribution in [3.63, 3.8) is 0 Å². The topological polar surface area (TPSA) is 84.2 Å². The monoisotopic (exact) mass is 349 g/mol. The van der Waals surface area contributed by atoms with Crippen LogP contribution in [0.4, 0.5) is 5.69 Å². The first-order valence-corrected chi connectivity index (χ1v) is 8.29. The van der Waals surface area contributed by atoms with Crippen LogP contribution in [0.5, 0.6) is 0 Å². The Bertz CT molecular complexity index is 903. The SMILES string of the molecule is Cc1cc(C(=O)Nc2ccccc2C(=O)NCCc2ccccc2)on1. The van der Waals surface area contributed by atoms with E-state index in [-0.39, 0.29) is 11.7 Å². The van der Waals surface area contributed by atoms with Crippen LogP contribution in [0.25, 0.3) is 0 Å². The highest BCUT2D eigenvalue weighted by Crippen LogP contribution is 2.16. The van der Waals surface area contributed by atoms with E-state index in [2.05, 4.69) is 15.8 Å². The zero-order chi connectivity index (χ0) is 18.4. The van der Waals surface area contributed by atoms with Crippen LogP contribution in [-0.4, -0.2) is 23.5 Å². The third-order valence-electron chi connectivity index (χ3n) is 3.81. The van der Waals surface area contributed by atoms with Gasteiger partial charge in [0.05, 0.1) is 16.9 Å². The molecule has 0 atom stereocenters. The maximum atomic E-state index is 12.5. The lowest BCUT2D eigenvalue weighted by atomic mass is 10.1. The van der Waals surface area contributed by atoms with Crippen molar-refractivity contribution in [3.05, 3.63) is 83.2 Å². The molecular weight excluding hydrogens is 330 g/mol. The molecule has 0 aliphatic rings.